The van der Waals surface area contributed by atoms with E-state index in [1.165, 1.54) is 4.90 Å². The Bertz CT molecular complexity index is 631. The maximum absolute atomic E-state index is 11.9. The number of nitrogens with one attached hydrogen (secondary N) is 1. The number of carbonyl (C=O) groups is 3. The van der Waals surface area contributed by atoms with Crippen LogP contribution in [0.5, 0.6) is 0 Å². The van der Waals surface area contributed by atoms with E-state index in [9.17, 15) is 14.4 Å². The first-order valence-corrected chi connectivity index (χ1v) is 7.54. The van der Waals surface area contributed by atoms with Gasteiger partial charge in [-0.1, -0.05) is 17.7 Å². The molecule has 124 valence electrons. The molecule has 0 unspecified atom stereocenters. The van der Waals surface area contributed by atoms with Gasteiger partial charge in [0.25, 0.3) is 5.91 Å². The number of carbonyl (C=O) groups excluding carboxylic acids is 3. The van der Waals surface area contributed by atoms with Gasteiger partial charge in [-0.3, -0.25) is 14.5 Å². The van der Waals surface area contributed by atoms with Gasteiger partial charge in [0.15, 0.2) is 0 Å². The highest BCUT2D eigenvalue weighted by Gasteiger charge is 2.50. The van der Waals surface area contributed by atoms with Crippen molar-refractivity contribution in [3.05, 3.63) is 29.8 Å². The van der Waals surface area contributed by atoms with Gasteiger partial charge in [0.05, 0.1) is 6.04 Å². The first-order chi connectivity index (χ1) is 10.6. The van der Waals surface area contributed by atoms with Crippen LogP contribution in [-0.4, -0.2) is 35.5 Å². The number of hydrogen-bond acceptors (Lipinski definition) is 4. The topological polar surface area (TPSA) is 75.7 Å². The Balaban J connectivity index is 2.10. The molecular weight excluding hydrogens is 296 g/mol. The fourth-order valence-corrected chi connectivity index (χ4v) is 2.43. The number of benzene rings is 1. The summed E-state index contributed by atoms with van der Waals surface area (Å²) in [5, 5.41) is 2.62. The van der Waals surface area contributed by atoms with Gasteiger partial charge < -0.3 is 10.1 Å². The van der Waals surface area contributed by atoms with Crippen molar-refractivity contribution < 1.29 is 19.1 Å². The molecule has 1 aliphatic rings. The maximum Gasteiger partial charge on any atom is 0.407 e. The zero-order chi connectivity index (χ0) is 17.4. The average molecular weight is 318 g/mol. The van der Waals surface area contributed by atoms with Crippen molar-refractivity contribution in [1.29, 1.82) is 0 Å². The molecule has 1 N–H and O–H groups in total. The second-order valence-electron chi connectivity index (χ2n) is 6.75. The predicted octanol–water partition coefficient (Wildman–Crippen LogP) is 2.19. The lowest BCUT2D eigenvalue weighted by Gasteiger charge is -2.41. The summed E-state index contributed by atoms with van der Waals surface area (Å²) in [4.78, 5) is 37.1. The minimum atomic E-state index is -0.710. The molecular formula is C17H22N2O4. The van der Waals surface area contributed by atoms with Crippen LogP contribution in [0.4, 0.5) is 10.5 Å². The van der Waals surface area contributed by atoms with E-state index in [-0.39, 0.29) is 0 Å². The molecule has 23 heavy (non-hydrogen) atoms. The lowest BCUT2D eigenvalue weighted by molar-refractivity contribution is -0.144. The number of aryl methyl sites for hydroxylation is 1. The fraction of sp³-hybridized carbons (Fsp3) is 0.471. The van der Waals surface area contributed by atoms with Gasteiger partial charge in [0.2, 0.25) is 5.78 Å². The largest absolute Gasteiger partial charge is 0.444 e. The number of β-lactam (4-membered cyclic amide) rings is 1. The minimum Gasteiger partial charge on any atom is -0.444 e. The van der Waals surface area contributed by atoms with Crippen LogP contribution in [0.15, 0.2) is 24.3 Å². The fourth-order valence-electron chi connectivity index (χ4n) is 2.43. The van der Waals surface area contributed by atoms with Crippen LogP contribution >= 0.6 is 0 Å². The smallest absolute Gasteiger partial charge is 0.407 e. The van der Waals surface area contributed by atoms with Crippen LogP contribution in [0.1, 0.15) is 33.3 Å². The van der Waals surface area contributed by atoms with Crippen molar-refractivity contribution >= 4 is 23.5 Å². The van der Waals surface area contributed by atoms with Crippen LogP contribution in [-0.2, 0) is 14.3 Å². The molecule has 2 atom stereocenters. The molecule has 0 saturated carbocycles. The van der Waals surface area contributed by atoms with Crippen molar-refractivity contribution in [3.8, 4) is 0 Å². The van der Waals surface area contributed by atoms with E-state index in [0.717, 1.165) is 5.56 Å². The molecule has 1 heterocycles. The highest BCUT2D eigenvalue weighted by Crippen LogP contribution is 2.27. The molecule has 0 spiro atoms. The Morgan fingerprint density at radius 2 is 1.78 bits per heavy atom. The van der Waals surface area contributed by atoms with Crippen LogP contribution in [0, 0.1) is 6.92 Å². The van der Waals surface area contributed by atoms with Crippen molar-refractivity contribution in [1.82, 2.24) is 5.32 Å². The van der Waals surface area contributed by atoms with Crippen molar-refractivity contribution in [2.75, 3.05) is 4.90 Å². The third kappa shape index (κ3) is 3.70. The molecule has 6 nitrogen and oxygen atoms in total. The van der Waals surface area contributed by atoms with Crippen LogP contribution in [0.25, 0.3) is 0 Å². The van der Waals surface area contributed by atoms with Gasteiger partial charge in [0, 0.05) is 5.69 Å². The highest BCUT2D eigenvalue weighted by atomic mass is 16.6. The predicted molar refractivity (Wildman–Crippen MR) is 86.3 cm³/mol. The normalized spacial score (nSPS) is 19.2. The summed E-state index contributed by atoms with van der Waals surface area (Å²) in [6.07, 6.45) is -0.610. The van der Waals surface area contributed by atoms with E-state index in [1.807, 2.05) is 19.1 Å². The van der Waals surface area contributed by atoms with E-state index in [2.05, 4.69) is 5.32 Å². The van der Waals surface area contributed by atoms with Gasteiger partial charge in [-0.15, -0.1) is 0 Å². The van der Waals surface area contributed by atoms with Crippen LogP contribution in [0.2, 0.25) is 0 Å². The second kappa shape index (κ2) is 6.02. The van der Waals surface area contributed by atoms with Crippen molar-refractivity contribution in [2.45, 2.75) is 52.3 Å². The van der Waals surface area contributed by atoms with E-state index in [1.54, 1.807) is 39.8 Å². The third-order valence-corrected chi connectivity index (χ3v) is 3.51. The maximum atomic E-state index is 11.9. The summed E-state index contributed by atoms with van der Waals surface area (Å²) in [5.74, 6) is -1.06. The zero-order valence-corrected chi connectivity index (χ0v) is 14.0. The Kier molecular flexibility index (Phi) is 4.45. The number of ketones is 1. The van der Waals surface area contributed by atoms with Crippen molar-refractivity contribution in [3.63, 3.8) is 0 Å². The number of rotatable bonds is 3. The summed E-state index contributed by atoms with van der Waals surface area (Å²) in [6, 6.07) is 6.05. The Morgan fingerprint density at radius 1 is 1.22 bits per heavy atom. The molecule has 0 radical (unpaired) electrons. The molecule has 1 aromatic carbocycles. The SMILES string of the molecule is Cc1ccc(N2C(=O)C(=O)[C@H]2[C@H](C)NC(=O)OC(C)(C)C)cc1. The molecule has 0 bridgehead atoms. The second-order valence-corrected chi connectivity index (χ2v) is 6.75. The molecule has 1 saturated heterocycles. The van der Waals surface area contributed by atoms with Gasteiger partial charge in [-0.05, 0) is 46.8 Å². The summed E-state index contributed by atoms with van der Waals surface area (Å²) < 4.78 is 5.18. The Labute approximate surface area is 135 Å². The van der Waals surface area contributed by atoms with Gasteiger partial charge in [-0.25, -0.2) is 4.79 Å². The lowest BCUT2D eigenvalue weighted by Crippen LogP contribution is -2.69. The van der Waals surface area contributed by atoms with Crippen LogP contribution < -0.4 is 10.2 Å². The van der Waals surface area contributed by atoms with E-state index in [0.29, 0.717) is 5.69 Å². The zero-order valence-electron chi connectivity index (χ0n) is 14.0. The van der Waals surface area contributed by atoms with E-state index >= 15 is 0 Å². The van der Waals surface area contributed by atoms with Crippen molar-refractivity contribution in [2.24, 2.45) is 0 Å². The molecule has 0 aliphatic carbocycles. The number of amides is 2. The monoisotopic (exact) mass is 318 g/mol. The number of alkyl carbamates (subject to hydrolysis) is 1. The Hall–Kier alpha value is -2.37. The van der Waals surface area contributed by atoms with Gasteiger partial charge >= 0.3 is 6.09 Å². The molecule has 1 fully saturated rings. The van der Waals surface area contributed by atoms with Crippen LogP contribution in [0.3, 0.4) is 0 Å². The number of ether oxygens (including phenoxy) is 1. The lowest BCUT2D eigenvalue weighted by atomic mass is 9.92. The summed E-state index contributed by atoms with van der Waals surface area (Å²) in [6.45, 7) is 8.90. The first-order valence-electron chi connectivity index (χ1n) is 7.54. The molecule has 1 aromatic rings. The molecule has 6 heteroatoms. The van der Waals surface area contributed by atoms with E-state index < -0.39 is 35.5 Å². The standard InChI is InChI=1S/C17H22N2O4/c1-10-6-8-12(9-7-10)19-13(14(20)15(19)21)11(2)18-16(22)23-17(3,4)5/h6-9,11,13H,1-5H3,(H,18,22)/t11-,13+/m0/s1. The summed E-state index contributed by atoms with van der Waals surface area (Å²) >= 11 is 0. The average Bonchev–Trinajstić information content (AvgIpc) is 2.42. The highest BCUT2D eigenvalue weighted by molar-refractivity contribution is 6.52. The summed E-state index contributed by atoms with van der Waals surface area (Å²) in [5.41, 5.74) is 1.08. The van der Waals surface area contributed by atoms with Gasteiger partial charge in [-0.2, -0.15) is 0 Å². The number of Topliss-reactive ketones (excluding diaryl/α,β-unsaturated/α-hetero) is 1. The number of anilines is 1. The molecule has 2 amide bonds. The Morgan fingerprint density at radius 3 is 2.30 bits per heavy atom. The molecule has 0 aromatic heterocycles. The quantitative estimate of drug-likeness (QED) is 0.685. The third-order valence-electron chi connectivity index (χ3n) is 3.51. The molecule has 2 rings (SSSR count). The molecule has 1 aliphatic heterocycles. The van der Waals surface area contributed by atoms with Gasteiger partial charge in [0.1, 0.15) is 11.6 Å². The van der Waals surface area contributed by atoms with E-state index in [4.69, 9.17) is 4.74 Å². The summed E-state index contributed by atoms with van der Waals surface area (Å²) in [7, 11) is 0. The minimum absolute atomic E-state index is 0.505. The number of hydrogen-bond donors (Lipinski definition) is 1. The number of nitrogens with zero attached hydrogens (tertiary/aromatic N) is 1. The first kappa shape index (κ1) is 17.0.